The van der Waals surface area contributed by atoms with Gasteiger partial charge in [0, 0.05) is 19.6 Å². The summed E-state index contributed by atoms with van der Waals surface area (Å²) in [7, 11) is 1.56. The molecule has 0 aromatic rings. The zero-order valence-electron chi connectivity index (χ0n) is 7.32. The topological polar surface area (TPSA) is 32.8 Å². The van der Waals surface area contributed by atoms with Crippen LogP contribution in [-0.2, 0) is 9.63 Å². The first-order chi connectivity index (χ1) is 5.80. The van der Waals surface area contributed by atoms with Crippen molar-refractivity contribution >= 4 is 6.41 Å². The molecule has 0 aliphatic carbocycles. The molecule has 2 bridgehead atoms. The number of nitrogens with zero attached hydrogens (tertiary/aromatic N) is 2. The lowest BCUT2D eigenvalue weighted by Crippen LogP contribution is -2.46. The molecule has 0 radical (unpaired) electrons. The second kappa shape index (κ2) is 2.71. The van der Waals surface area contributed by atoms with Gasteiger partial charge in [0.25, 0.3) is 0 Å². The second-order valence-electron chi connectivity index (χ2n) is 3.61. The van der Waals surface area contributed by atoms with E-state index >= 15 is 0 Å². The third-order valence-electron chi connectivity index (χ3n) is 3.06. The first kappa shape index (κ1) is 8.01. The Bertz CT molecular complexity index is 187. The zero-order chi connectivity index (χ0) is 8.60. The Kier molecular flexibility index (Phi) is 1.81. The molecule has 0 aromatic carbocycles. The van der Waals surface area contributed by atoms with Crippen molar-refractivity contribution in [3.05, 3.63) is 0 Å². The molecule has 2 aliphatic heterocycles. The lowest BCUT2D eigenvalue weighted by molar-refractivity contribution is -0.191. The highest BCUT2D eigenvalue weighted by Crippen LogP contribution is 2.36. The maximum Gasteiger partial charge on any atom is 0.233 e. The fourth-order valence-corrected chi connectivity index (χ4v) is 2.34. The van der Waals surface area contributed by atoms with Crippen LogP contribution in [0.1, 0.15) is 12.8 Å². The van der Waals surface area contributed by atoms with Crippen molar-refractivity contribution in [2.24, 2.45) is 0 Å². The number of hydrogen-bond acceptors (Lipinski definition) is 3. The van der Waals surface area contributed by atoms with Gasteiger partial charge in [-0.2, -0.15) is 0 Å². The minimum atomic E-state index is -0.00347. The predicted molar refractivity (Wildman–Crippen MR) is 43.3 cm³/mol. The summed E-state index contributed by atoms with van der Waals surface area (Å²) in [5.74, 6) is 0. The smallest absolute Gasteiger partial charge is 0.233 e. The van der Waals surface area contributed by atoms with Crippen LogP contribution in [0.5, 0.6) is 0 Å². The SMILES string of the molecule is CON(C=O)C12CCN(CC1)C2. The molecule has 4 heteroatoms. The Balaban J connectivity index is 2.14. The molecule has 2 rings (SSSR count). The van der Waals surface area contributed by atoms with E-state index in [2.05, 4.69) is 4.90 Å². The van der Waals surface area contributed by atoms with Gasteiger partial charge < -0.3 is 4.90 Å². The molecule has 2 aliphatic rings. The normalized spacial score (nSPS) is 38.6. The molecule has 0 spiro atoms. The average molecular weight is 170 g/mol. The van der Waals surface area contributed by atoms with Crippen molar-refractivity contribution in [2.75, 3.05) is 26.7 Å². The van der Waals surface area contributed by atoms with Gasteiger partial charge in [-0.25, -0.2) is 5.06 Å². The number of carbonyl (C=O) groups excluding carboxylic acids is 1. The van der Waals surface area contributed by atoms with Crippen LogP contribution in [0.3, 0.4) is 0 Å². The lowest BCUT2D eigenvalue weighted by atomic mass is 9.95. The number of carbonyl (C=O) groups is 1. The summed E-state index contributed by atoms with van der Waals surface area (Å²) in [6.07, 6.45) is 2.91. The van der Waals surface area contributed by atoms with E-state index in [4.69, 9.17) is 4.84 Å². The van der Waals surface area contributed by atoms with E-state index in [1.54, 1.807) is 7.11 Å². The molecule has 0 saturated carbocycles. The van der Waals surface area contributed by atoms with Crippen LogP contribution in [0, 0.1) is 0 Å². The Hall–Kier alpha value is -0.610. The Labute approximate surface area is 72.0 Å². The summed E-state index contributed by atoms with van der Waals surface area (Å²) in [5.41, 5.74) is -0.00347. The third kappa shape index (κ3) is 0.949. The molecule has 68 valence electrons. The van der Waals surface area contributed by atoms with Gasteiger partial charge in [0.05, 0.1) is 12.6 Å². The van der Waals surface area contributed by atoms with Crippen LogP contribution in [-0.4, -0.2) is 48.7 Å². The summed E-state index contributed by atoms with van der Waals surface area (Å²) in [6.45, 7) is 3.20. The third-order valence-corrected chi connectivity index (χ3v) is 3.06. The monoisotopic (exact) mass is 170 g/mol. The van der Waals surface area contributed by atoms with Gasteiger partial charge in [0.1, 0.15) is 0 Å². The first-order valence-electron chi connectivity index (χ1n) is 4.32. The number of piperidine rings is 1. The van der Waals surface area contributed by atoms with Crippen molar-refractivity contribution < 1.29 is 9.63 Å². The average Bonchev–Trinajstić information content (AvgIpc) is 2.66. The molecule has 4 nitrogen and oxygen atoms in total. The summed E-state index contributed by atoms with van der Waals surface area (Å²) in [6, 6.07) is 0. The maximum absolute atomic E-state index is 10.7. The van der Waals surface area contributed by atoms with Crippen molar-refractivity contribution in [1.82, 2.24) is 9.96 Å². The predicted octanol–water partition coefficient (Wildman–Crippen LogP) is -0.146. The molecule has 2 saturated heterocycles. The van der Waals surface area contributed by atoms with Gasteiger partial charge in [-0.15, -0.1) is 0 Å². The quantitative estimate of drug-likeness (QED) is 0.436. The van der Waals surface area contributed by atoms with Gasteiger partial charge >= 0.3 is 0 Å². The first-order valence-corrected chi connectivity index (χ1v) is 4.32. The molecule has 12 heavy (non-hydrogen) atoms. The molecule has 0 aromatic heterocycles. The zero-order valence-corrected chi connectivity index (χ0v) is 7.32. The maximum atomic E-state index is 10.7. The molecule has 0 unspecified atom stereocenters. The molecular weight excluding hydrogens is 156 g/mol. The van der Waals surface area contributed by atoms with E-state index in [9.17, 15) is 4.79 Å². The van der Waals surface area contributed by atoms with E-state index in [-0.39, 0.29) is 5.54 Å². The van der Waals surface area contributed by atoms with E-state index in [1.807, 2.05) is 0 Å². The number of hydrogen-bond donors (Lipinski definition) is 0. The van der Waals surface area contributed by atoms with Crippen LogP contribution in [0.25, 0.3) is 0 Å². The highest BCUT2D eigenvalue weighted by Gasteiger charge is 2.48. The van der Waals surface area contributed by atoms with Crippen LogP contribution in [0.2, 0.25) is 0 Å². The Morgan fingerprint density at radius 1 is 1.50 bits per heavy atom. The number of rotatable bonds is 3. The largest absolute Gasteiger partial charge is 0.301 e. The summed E-state index contributed by atoms with van der Waals surface area (Å²) < 4.78 is 0. The van der Waals surface area contributed by atoms with Crippen molar-refractivity contribution in [1.29, 1.82) is 0 Å². The highest BCUT2D eigenvalue weighted by molar-refractivity contribution is 5.47. The van der Waals surface area contributed by atoms with Gasteiger partial charge in [-0.3, -0.25) is 9.63 Å². The van der Waals surface area contributed by atoms with Crippen LogP contribution >= 0.6 is 0 Å². The van der Waals surface area contributed by atoms with E-state index in [1.165, 1.54) is 5.06 Å². The van der Waals surface area contributed by atoms with Gasteiger partial charge in [0.15, 0.2) is 0 Å². The molecule has 2 heterocycles. The van der Waals surface area contributed by atoms with E-state index in [0.717, 1.165) is 38.9 Å². The minimum Gasteiger partial charge on any atom is -0.301 e. The summed E-state index contributed by atoms with van der Waals surface area (Å²) in [5, 5.41) is 1.49. The Morgan fingerprint density at radius 2 is 2.17 bits per heavy atom. The standard InChI is InChI=1S/C8H14N2O2/c1-12-10(7-11)8-2-4-9(6-8)5-3-8/h7H,2-6H2,1H3. The van der Waals surface area contributed by atoms with E-state index in [0.29, 0.717) is 0 Å². The lowest BCUT2D eigenvalue weighted by Gasteiger charge is -2.33. The fourth-order valence-electron chi connectivity index (χ4n) is 2.34. The van der Waals surface area contributed by atoms with Gasteiger partial charge in [-0.1, -0.05) is 0 Å². The van der Waals surface area contributed by atoms with Crippen molar-refractivity contribution in [2.45, 2.75) is 18.4 Å². The number of fused-ring (bicyclic) bond motifs is 2. The molecular formula is C8H14N2O2. The Morgan fingerprint density at radius 3 is 2.50 bits per heavy atom. The van der Waals surface area contributed by atoms with Crippen LogP contribution < -0.4 is 0 Å². The van der Waals surface area contributed by atoms with Crippen molar-refractivity contribution in [3.63, 3.8) is 0 Å². The van der Waals surface area contributed by atoms with Crippen LogP contribution in [0.4, 0.5) is 0 Å². The molecule has 1 amide bonds. The molecule has 0 N–H and O–H groups in total. The second-order valence-corrected chi connectivity index (χ2v) is 3.61. The van der Waals surface area contributed by atoms with Crippen molar-refractivity contribution in [3.8, 4) is 0 Å². The number of hydroxylamine groups is 2. The summed E-state index contributed by atoms with van der Waals surface area (Å²) in [4.78, 5) is 18.1. The fraction of sp³-hybridized carbons (Fsp3) is 0.875. The summed E-state index contributed by atoms with van der Waals surface area (Å²) >= 11 is 0. The van der Waals surface area contributed by atoms with E-state index < -0.39 is 0 Å². The van der Waals surface area contributed by atoms with Gasteiger partial charge in [-0.05, 0) is 12.8 Å². The molecule has 0 atom stereocenters. The van der Waals surface area contributed by atoms with Crippen LogP contribution in [0.15, 0.2) is 0 Å². The number of amides is 1. The molecule has 2 fully saturated rings. The minimum absolute atomic E-state index is 0.00347. The van der Waals surface area contributed by atoms with Gasteiger partial charge in [0.2, 0.25) is 6.41 Å². The highest BCUT2D eigenvalue weighted by atomic mass is 16.7.